The van der Waals surface area contributed by atoms with Crippen LogP contribution in [0.1, 0.15) is 50.5 Å². The number of aromatic nitrogens is 1. The number of H-pyrrole nitrogens is 1. The lowest BCUT2D eigenvalue weighted by Crippen LogP contribution is -2.43. The highest BCUT2D eigenvalue weighted by Gasteiger charge is 2.24. The number of fused-ring (bicyclic) bond motifs is 1. The number of carbonyl (C=O) groups is 2. The summed E-state index contributed by atoms with van der Waals surface area (Å²) in [5, 5.41) is 3.95. The van der Waals surface area contributed by atoms with E-state index in [1.807, 2.05) is 30.5 Å². The molecule has 0 spiro atoms. The fourth-order valence-electron chi connectivity index (χ4n) is 3.93. The van der Waals surface area contributed by atoms with Gasteiger partial charge in [0, 0.05) is 29.9 Å². The average Bonchev–Trinajstić information content (AvgIpc) is 3.09. The maximum absolute atomic E-state index is 12.4. The quantitative estimate of drug-likeness (QED) is 0.743. The van der Waals surface area contributed by atoms with E-state index in [2.05, 4.69) is 10.3 Å². The summed E-state index contributed by atoms with van der Waals surface area (Å²) in [4.78, 5) is 27.8. The molecular formula is C21H28N2O3. The molecule has 1 aliphatic carbocycles. The van der Waals surface area contributed by atoms with Crippen LogP contribution < -0.4 is 5.32 Å². The maximum Gasteiger partial charge on any atom is 0.328 e. The molecule has 2 N–H and O–H groups in total. The van der Waals surface area contributed by atoms with Gasteiger partial charge >= 0.3 is 5.97 Å². The van der Waals surface area contributed by atoms with Gasteiger partial charge in [-0.25, -0.2) is 4.79 Å². The van der Waals surface area contributed by atoms with Crippen LogP contribution in [0.2, 0.25) is 0 Å². The van der Waals surface area contributed by atoms with Crippen molar-refractivity contribution in [1.29, 1.82) is 0 Å². The summed E-state index contributed by atoms with van der Waals surface area (Å²) in [6.45, 7) is 0. The monoisotopic (exact) mass is 356 g/mol. The highest BCUT2D eigenvalue weighted by molar-refractivity contribution is 5.87. The predicted octanol–water partition coefficient (Wildman–Crippen LogP) is 3.73. The molecule has 1 aromatic carbocycles. The molecule has 0 bridgehead atoms. The Labute approximate surface area is 154 Å². The molecule has 5 nitrogen and oxygen atoms in total. The van der Waals surface area contributed by atoms with Crippen LogP contribution in [-0.2, 0) is 20.7 Å². The van der Waals surface area contributed by atoms with Gasteiger partial charge in [0.25, 0.3) is 0 Å². The van der Waals surface area contributed by atoms with Crippen LogP contribution >= 0.6 is 0 Å². The van der Waals surface area contributed by atoms with Crippen LogP contribution in [0, 0.1) is 5.92 Å². The first-order chi connectivity index (χ1) is 12.7. The number of amides is 1. The molecule has 1 unspecified atom stereocenters. The second-order valence-electron chi connectivity index (χ2n) is 7.25. The minimum absolute atomic E-state index is 0.0641. The van der Waals surface area contributed by atoms with Crippen molar-refractivity contribution in [2.45, 2.75) is 57.4 Å². The summed E-state index contributed by atoms with van der Waals surface area (Å²) in [5.41, 5.74) is 2.03. The van der Waals surface area contributed by atoms with E-state index in [0.717, 1.165) is 22.9 Å². The van der Waals surface area contributed by atoms with Crippen molar-refractivity contribution in [3.05, 3.63) is 36.0 Å². The van der Waals surface area contributed by atoms with E-state index >= 15 is 0 Å². The third kappa shape index (κ3) is 4.65. The normalized spacial score (nSPS) is 16.3. The van der Waals surface area contributed by atoms with Crippen LogP contribution in [0.5, 0.6) is 0 Å². The van der Waals surface area contributed by atoms with E-state index < -0.39 is 12.0 Å². The van der Waals surface area contributed by atoms with Crippen molar-refractivity contribution in [2.24, 2.45) is 5.92 Å². The Hall–Kier alpha value is -2.30. The summed E-state index contributed by atoms with van der Waals surface area (Å²) >= 11 is 0. The van der Waals surface area contributed by atoms with E-state index in [1.54, 1.807) is 0 Å². The molecule has 5 heteroatoms. The zero-order valence-corrected chi connectivity index (χ0v) is 15.4. The SMILES string of the molecule is COC(=O)C(Cc1c[nH]c2ccccc12)NC(=O)CCC1CCCCC1. The van der Waals surface area contributed by atoms with Crippen molar-refractivity contribution < 1.29 is 14.3 Å². The van der Waals surface area contributed by atoms with Crippen LogP contribution in [0.4, 0.5) is 0 Å². The molecule has 1 aliphatic rings. The number of nitrogens with one attached hydrogen (secondary N) is 2. The van der Waals surface area contributed by atoms with E-state index in [0.29, 0.717) is 18.8 Å². The van der Waals surface area contributed by atoms with Gasteiger partial charge in [0.2, 0.25) is 5.91 Å². The average molecular weight is 356 g/mol. The summed E-state index contributed by atoms with van der Waals surface area (Å²) in [6.07, 6.45) is 10.0. The van der Waals surface area contributed by atoms with Crippen LogP contribution in [0.3, 0.4) is 0 Å². The zero-order valence-electron chi connectivity index (χ0n) is 15.4. The van der Waals surface area contributed by atoms with Crippen molar-refractivity contribution in [3.8, 4) is 0 Å². The second-order valence-corrected chi connectivity index (χ2v) is 7.25. The third-order valence-corrected chi connectivity index (χ3v) is 5.42. The molecule has 1 atom stereocenters. The van der Waals surface area contributed by atoms with E-state index in [9.17, 15) is 9.59 Å². The Balaban J connectivity index is 1.60. The molecule has 3 rings (SSSR count). The molecule has 0 aliphatic heterocycles. The highest BCUT2D eigenvalue weighted by Crippen LogP contribution is 2.27. The van der Waals surface area contributed by atoms with Gasteiger partial charge < -0.3 is 15.0 Å². The maximum atomic E-state index is 12.4. The summed E-state index contributed by atoms with van der Waals surface area (Å²) in [5.74, 6) is 0.187. The van der Waals surface area contributed by atoms with Crippen molar-refractivity contribution in [1.82, 2.24) is 10.3 Å². The molecule has 0 radical (unpaired) electrons. The lowest BCUT2D eigenvalue weighted by molar-refractivity contribution is -0.145. The molecule has 0 saturated heterocycles. The second kappa shape index (κ2) is 8.88. The molecule has 140 valence electrons. The van der Waals surface area contributed by atoms with Crippen molar-refractivity contribution in [3.63, 3.8) is 0 Å². The fourth-order valence-corrected chi connectivity index (χ4v) is 3.93. The lowest BCUT2D eigenvalue weighted by atomic mass is 9.86. The number of hydrogen-bond acceptors (Lipinski definition) is 3. The topological polar surface area (TPSA) is 71.2 Å². The van der Waals surface area contributed by atoms with E-state index in [4.69, 9.17) is 4.74 Å². The van der Waals surface area contributed by atoms with Gasteiger partial charge in [-0.2, -0.15) is 0 Å². The van der Waals surface area contributed by atoms with Gasteiger partial charge in [0.15, 0.2) is 0 Å². The van der Waals surface area contributed by atoms with Crippen LogP contribution in [0.15, 0.2) is 30.5 Å². The number of hydrogen-bond donors (Lipinski definition) is 2. The Morgan fingerprint density at radius 3 is 2.77 bits per heavy atom. The van der Waals surface area contributed by atoms with Gasteiger partial charge in [-0.15, -0.1) is 0 Å². The summed E-state index contributed by atoms with van der Waals surface area (Å²) in [6, 6.07) is 7.29. The molecule has 1 aromatic heterocycles. The molecule has 1 amide bonds. The van der Waals surface area contributed by atoms with Gasteiger partial charge in [-0.1, -0.05) is 50.3 Å². The van der Waals surface area contributed by atoms with Crippen molar-refractivity contribution >= 4 is 22.8 Å². The number of para-hydroxylation sites is 1. The Kier molecular flexibility index (Phi) is 6.31. The number of ether oxygens (including phenoxy) is 1. The Morgan fingerprint density at radius 2 is 2.00 bits per heavy atom. The number of methoxy groups -OCH3 is 1. The Morgan fingerprint density at radius 1 is 1.23 bits per heavy atom. The van der Waals surface area contributed by atoms with Crippen LogP contribution in [-0.4, -0.2) is 30.0 Å². The van der Waals surface area contributed by atoms with Gasteiger partial charge in [-0.05, 0) is 24.0 Å². The molecule has 1 fully saturated rings. The minimum Gasteiger partial charge on any atom is -0.467 e. The first-order valence-corrected chi connectivity index (χ1v) is 9.59. The first kappa shape index (κ1) is 18.5. The van der Waals surface area contributed by atoms with Gasteiger partial charge in [-0.3, -0.25) is 4.79 Å². The smallest absolute Gasteiger partial charge is 0.328 e. The van der Waals surface area contributed by atoms with E-state index in [-0.39, 0.29) is 5.91 Å². The van der Waals surface area contributed by atoms with E-state index in [1.165, 1.54) is 39.2 Å². The highest BCUT2D eigenvalue weighted by atomic mass is 16.5. The molecule has 1 heterocycles. The number of aromatic amines is 1. The predicted molar refractivity (Wildman–Crippen MR) is 102 cm³/mol. The largest absolute Gasteiger partial charge is 0.467 e. The van der Waals surface area contributed by atoms with Crippen molar-refractivity contribution in [2.75, 3.05) is 7.11 Å². The summed E-state index contributed by atoms with van der Waals surface area (Å²) < 4.78 is 4.90. The van der Waals surface area contributed by atoms with Gasteiger partial charge in [0.1, 0.15) is 6.04 Å². The van der Waals surface area contributed by atoms with Gasteiger partial charge in [0.05, 0.1) is 7.11 Å². The van der Waals surface area contributed by atoms with Crippen LogP contribution in [0.25, 0.3) is 10.9 Å². The Bertz CT molecular complexity index is 747. The minimum atomic E-state index is -0.655. The first-order valence-electron chi connectivity index (χ1n) is 9.59. The molecule has 26 heavy (non-hydrogen) atoms. The number of benzene rings is 1. The zero-order chi connectivity index (χ0) is 18.4. The molecular weight excluding hydrogens is 328 g/mol. The standard InChI is InChI=1S/C21H28N2O3/c1-26-21(25)19(13-16-14-22-18-10-6-5-9-17(16)18)23-20(24)12-11-15-7-3-2-4-8-15/h5-6,9-10,14-15,19,22H,2-4,7-8,11-13H2,1H3,(H,23,24). The number of carbonyl (C=O) groups excluding carboxylic acids is 2. The number of rotatable bonds is 7. The third-order valence-electron chi connectivity index (χ3n) is 5.42. The lowest BCUT2D eigenvalue weighted by Gasteiger charge is -2.22. The molecule has 1 saturated carbocycles. The summed E-state index contributed by atoms with van der Waals surface area (Å²) in [7, 11) is 1.36. The number of esters is 1. The fraction of sp³-hybridized carbons (Fsp3) is 0.524. The molecule has 2 aromatic rings.